The predicted molar refractivity (Wildman–Crippen MR) is 78.7 cm³/mol. The Hall–Kier alpha value is -1.47. The Labute approximate surface area is 125 Å². The smallest absolute Gasteiger partial charge is 0.246 e. The fourth-order valence-electron chi connectivity index (χ4n) is 2.32. The molecule has 0 radical (unpaired) electrons. The average Bonchev–Trinajstić information content (AvgIpc) is 2.90. The molecule has 0 bridgehead atoms. The summed E-state index contributed by atoms with van der Waals surface area (Å²) in [6.07, 6.45) is 0.206. The first-order valence-corrected chi connectivity index (χ1v) is 7.39. The zero-order chi connectivity index (χ0) is 13.9. The Morgan fingerprint density at radius 1 is 1.40 bits per heavy atom. The van der Waals surface area contributed by atoms with Gasteiger partial charge in [-0.3, -0.25) is 0 Å². The molecule has 1 saturated heterocycles. The molecule has 3 rings (SSSR count). The summed E-state index contributed by atoms with van der Waals surface area (Å²) in [4.78, 5) is 2.17. The Morgan fingerprint density at radius 2 is 2.25 bits per heavy atom. The number of halogens is 1. The number of morpholine rings is 1. The van der Waals surface area contributed by atoms with Crippen molar-refractivity contribution in [1.82, 2.24) is 20.2 Å². The lowest BCUT2D eigenvalue weighted by Crippen LogP contribution is -2.42. The fourth-order valence-corrected chi connectivity index (χ4v) is 2.73. The molecule has 1 atom stereocenters. The second-order valence-electron chi connectivity index (χ2n) is 4.86. The summed E-state index contributed by atoms with van der Waals surface area (Å²) in [5, 5.41) is 12.1. The molecule has 0 spiro atoms. The van der Waals surface area contributed by atoms with Gasteiger partial charge in [0.2, 0.25) is 5.95 Å². The van der Waals surface area contributed by atoms with E-state index in [4.69, 9.17) is 4.74 Å². The van der Waals surface area contributed by atoms with E-state index in [1.807, 2.05) is 22.9 Å². The maximum absolute atomic E-state index is 5.56. The van der Waals surface area contributed by atoms with E-state index in [9.17, 15) is 0 Å². The Kier molecular flexibility index (Phi) is 3.98. The third-order valence-corrected chi connectivity index (χ3v) is 4.09. The molecule has 0 amide bonds. The number of hydrogen-bond donors (Lipinski definition) is 0. The summed E-state index contributed by atoms with van der Waals surface area (Å²) in [7, 11) is 0. The normalized spacial score (nSPS) is 19.3. The van der Waals surface area contributed by atoms with Crippen LogP contribution in [0.25, 0.3) is 0 Å². The standard InChI is InChI=1S/C13H16BrN5O/c1-10-8-18(6-7-20-10)13-15-16-17-19(13)9-11-4-2-3-5-12(11)14/h2-5,10H,6-9H2,1H3. The maximum atomic E-state index is 5.56. The van der Waals surface area contributed by atoms with E-state index in [2.05, 4.69) is 49.3 Å². The Bertz CT molecular complexity index is 588. The largest absolute Gasteiger partial charge is 0.375 e. The van der Waals surface area contributed by atoms with Gasteiger partial charge in [-0.25, -0.2) is 4.68 Å². The molecule has 1 unspecified atom stereocenters. The highest BCUT2D eigenvalue weighted by molar-refractivity contribution is 9.10. The monoisotopic (exact) mass is 337 g/mol. The van der Waals surface area contributed by atoms with Crippen molar-refractivity contribution in [3.8, 4) is 0 Å². The van der Waals surface area contributed by atoms with Crippen LogP contribution in [0.1, 0.15) is 12.5 Å². The molecule has 0 saturated carbocycles. The minimum Gasteiger partial charge on any atom is -0.375 e. The molecular weight excluding hydrogens is 322 g/mol. The number of rotatable bonds is 3. The molecule has 2 heterocycles. The highest BCUT2D eigenvalue weighted by Crippen LogP contribution is 2.19. The highest BCUT2D eigenvalue weighted by atomic mass is 79.9. The van der Waals surface area contributed by atoms with Crippen LogP contribution >= 0.6 is 15.9 Å². The van der Waals surface area contributed by atoms with Crippen molar-refractivity contribution in [2.45, 2.75) is 19.6 Å². The van der Waals surface area contributed by atoms with Gasteiger partial charge in [-0.1, -0.05) is 39.2 Å². The first kappa shape index (κ1) is 13.5. The van der Waals surface area contributed by atoms with Crippen molar-refractivity contribution in [3.63, 3.8) is 0 Å². The molecule has 7 heteroatoms. The van der Waals surface area contributed by atoms with Gasteiger partial charge in [-0.15, -0.1) is 0 Å². The number of benzene rings is 1. The van der Waals surface area contributed by atoms with E-state index >= 15 is 0 Å². The predicted octanol–water partition coefficient (Wildman–Crippen LogP) is 1.71. The highest BCUT2D eigenvalue weighted by Gasteiger charge is 2.22. The molecule has 2 aromatic rings. The lowest BCUT2D eigenvalue weighted by atomic mass is 10.2. The van der Waals surface area contributed by atoms with E-state index in [-0.39, 0.29) is 6.10 Å². The minimum atomic E-state index is 0.206. The van der Waals surface area contributed by atoms with E-state index < -0.39 is 0 Å². The molecule has 1 aliphatic heterocycles. The van der Waals surface area contributed by atoms with Gasteiger partial charge in [0.1, 0.15) is 0 Å². The molecule has 1 fully saturated rings. The number of tetrazole rings is 1. The van der Waals surface area contributed by atoms with Crippen LogP contribution in [0.3, 0.4) is 0 Å². The summed E-state index contributed by atoms with van der Waals surface area (Å²) in [6.45, 7) is 5.06. The Morgan fingerprint density at radius 3 is 3.05 bits per heavy atom. The van der Waals surface area contributed by atoms with Gasteiger partial charge >= 0.3 is 0 Å². The lowest BCUT2D eigenvalue weighted by molar-refractivity contribution is 0.0523. The van der Waals surface area contributed by atoms with Crippen LogP contribution in [-0.2, 0) is 11.3 Å². The minimum absolute atomic E-state index is 0.206. The van der Waals surface area contributed by atoms with E-state index in [0.29, 0.717) is 13.2 Å². The van der Waals surface area contributed by atoms with Crippen molar-refractivity contribution in [1.29, 1.82) is 0 Å². The third kappa shape index (κ3) is 2.83. The number of aromatic nitrogens is 4. The van der Waals surface area contributed by atoms with Crippen LogP contribution in [0.15, 0.2) is 28.7 Å². The number of hydrogen-bond acceptors (Lipinski definition) is 5. The zero-order valence-electron chi connectivity index (χ0n) is 11.2. The molecule has 106 valence electrons. The van der Waals surface area contributed by atoms with Crippen LogP contribution in [-0.4, -0.2) is 46.0 Å². The first-order valence-electron chi connectivity index (χ1n) is 6.60. The van der Waals surface area contributed by atoms with Gasteiger partial charge in [0.25, 0.3) is 0 Å². The van der Waals surface area contributed by atoms with Crippen LogP contribution < -0.4 is 4.90 Å². The summed E-state index contributed by atoms with van der Waals surface area (Å²) < 4.78 is 8.45. The van der Waals surface area contributed by atoms with Crippen molar-refractivity contribution >= 4 is 21.9 Å². The van der Waals surface area contributed by atoms with Gasteiger partial charge < -0.3 is 9.64 Å². The van der Waals surface area contributed by atoms with Gasteiger partial charge in [0.15, 0.2) is 0 Å². The number of nitrogens with zero attached hydrogens (tertiary/aromatic N) is 5. The quantitative estimate of drug-likeness (QED) is 0.853. The molecule has 20 heavy (non-hydrogen) atoms. The SMILES string of the molecule is CC1CN(c2nnnn2Cc2ccccc2Br)CCO1. The second-order valence-corrected chi connectivity index (χ2v) is 5.71. The van der Waals surface area contributed by atoms with Gasteiger partial charge in [-0.05, 0) is 29.0 Å². The van der Waals surface area contributed by atoms with Crippen molar-refractivity contribution in [2.75, 3.05) is 24.6 Å². The van der Waals surface area contributed by atoms with Gasteiger partial charge in [-0.2, -0.15) is 0 Å². The van der Waals surface area contributed by atoms with Crippen molar-refractivity contribution in [3.05, 3.63) is 34.3 Å². The van der Waals surface area contributed by atoms with Gasteiger partial charge in [0.05, 0.1) is 19.3 Å². The van der Waals surface area contributed by atoms with E-state index in [0.717, 1.165) is 29.1 Å². The second kappa shape index (κ2) is 5.88. The van der Waals surface area contributed by atoms with Crippen LogP contribution in [0.2, 0.25) is 0 Å². The molecule has 0 N–H and O–H groups in total. The van der Waals surface area contributed by atoms with E-state index in [1.165, 1.54) is 0 Å². The van der Waals surface area contributed by atoms with Crippen molar-refractivity contribution in [2.24, 2.45) is 0 Å². The molecule has 6 nitrogen and oxygen atoms in total. The fraction of sp³-hybridized carbons (Fsp3) is 0.462. The number of ether oxygens (including phenoxy) is 1. The third-order valence-electron chi connectivity index (χ3n) is 3.31. The van der Waals surface area contributed by atoms with Crippen LogP contribution in [0, 0.1) is 0 Å². The van der Waals surface area contributed by atoms with Crippen LogP contribution in [0.5, 0.6) is 0 Å². The topological polar surface area (TPSA) is 56.1 Å². The summed E-state index contributed by atoms with van der Waals surface area (Å²) in [5.41, 5.74) is 1.15. The molecule has 0 aliphatic carbocycles. The molecule has 1 aromatic heterocycles. The lowest BCUT2D eigenvalue weighted by Gasteiger charge is -2.31. The maximum Gasteiger partial charge on any atom is 0.246 e. The molecular formula is C13H16BrN5O. The summed E-state index contributed by atoms with van der Waals surface area (Å²) in [6, 6.07) is 8.10. The summed E-state index contributed by atoms with van der Waals surface area (Å²) >= 11 is 3.56. The first-order chi connectivity index (χ1) is 9.74. The van der Waals surface area contributed by atoms with Crippen molar-refractivity contribution < 1.29 is 4.74 Å². The summed E-state index contributed by atoms with van der Waals surface area (Å²) in [5.74, 6) is 0.802. The van der Waals surface area contributed by atoms with Crippen LogP contribution in [0.4, 0.5) is 5.95 Å². The average molecular weight is 338 g/mol. The zero-order valence-corrected chi connectivity index (χ0v) is 12.8. The molecule has 1 aliphatic rings. The van der Waals surface area contributed by atoms with E-state index in [1.54, 1.807) is 0 Å². The number of anilines is 1. The van der Waals surface area contributed by atoms with Gasteiger partial charge in [0, 0.05) is 17.6 Å². The molecule has 1 aromatic carbocycles. The Balaban J connectivity index is 1.81.